The van der Waals surface area contributed by atoms with Gasteiger partial charge >= 0.3 is 0 Å². The number of rotatable bonds is 2. The SMILES string of the molecule is Nc1nnnn1/N=C/c1ccc(O)cc1O. The lowest BCUT2D eigenvalue weighted by atomic mass is 10.2. The van der Waals surface area contributed by atoms with E-state index in [4.69, 9.17) is 10.8 Å². The Hall–Kier alpha value is -2.64. The summed E-state index contributed by atoms with van der Waals surface area (Å²) in [6, 6.07) is 4.11. The molecule has 0 amide bonds. The quantitative estimate of drug-likeness (QED) is 0.589. The van der Waals surface area contributed by atoms with Gasteiger partial charge in [-0.3, -0.25) is 0 Å². The number of aromatic hydroxyl groups is 2. The van der Waals surface area contributed by atoms with Crippen molar-refractivity contribution in [2.75, 3.05) is 5.73 Å². The number of anilines is 1. The number of nitrogen functional groups attached to an aromatic ring is 1. The van der Waals surface area contributed by atoms with Crippen LogP contribution in [-0.2, 0) is 0 Å². The summed E-state index contributed by atoms with van der Waals surface area (Å²) >= 11 is 0. The molecule has 0 bridgehead atoms. The molecule has 2 aromatic rings. The molecule has 0 aliphatic rings. The highest BCUT2D eigenvalue weighted by molar-refractivity contribution is 5.83. The van der Waals surface area contributed by atoms with Gasteiger partial charge in [-0.1, -0.05) is 9.89 Å². The van der Waals surface area contributed by atoms with Gasteiger partial charge in [0.2, 0.25) is 0 Å². The molecule has 16 heavy (non-hydrogen) atoms. The van der Waals surface area contributed by atoms with Crippen LogP contribution in [0.3, 0.4) is 0 Å². The van der Waals surface area contributed by atoms with Gasteiger partial charge < -0.3 is 15.9 Å². The van der Waals surface area contributed by atoms with E-state index in [9.17, 15) is 5.11 Å². The highest BCUT2D eigenvalue weighted by atomic mass is 16.3. The van der Waals surface area contributed by atoms with Crippen LogP contribution in [0.4, 0.5) is 5.95 Å². The number of hydrogen-bond donors (Lipinski definition) is 3. The highest BCUT2D eigenvalue weighted by Gasteiger charge is 2.01. The van der Waals surface area contributed by atoms with Crippen molar-refractivity contribution in [2.24, 2.45) is 5.10 Å². The molecule has 0 radical (unpaired) electrons. The molecule has 82 valence electrons. The van der Waals surface area contributed by atoms with E-state index in [1.165, 1.54) is 24.4 Å². The number of nitrogens with zero attached hydrogens (tertiary/aromatic N) is 5. The Morgan fingerprint density at radius 2 is 2.19 bits per heavy atom. The van der Waals surface area contributed by atoms with Crippen molar-refractivity contribution in [2.45, 2.75) is 0 Å². The third-order valence-corrected chi connectivity index (χ3v) is 1.80. The van der Waals surface area contributed by atoms with Crippen molar-refractivity contribution in [3.05, 3.63) is 23.8 Å². The van der Waals surface area contributed by atoms with Crippen LogP contribution < -0.4 is 5.73 Å². The number of phenolic OH excluding ortho intramolecular Hbond substituents is 2. The van der Waals surface area contributed by atoms with Gasteiger partial charge in [0.25, 0.3) is 5.95 Å². The Morgan fingerprint density at radius 3 is 2.81 bits per heavy atom. The zero-order valence-corrected chi connectivity index (χ0v) is 8.02. The first-order valence-corrected chi connectivity index (χ1v) is 4.27. The Bertz CT molecular complexity index is 535. The van der Waals surface area contributed by atoms with Crippen LogP contribution in [0.15, 0.2) is 23.3 Å². The lowest BCUT2D eigenvalue weighted by molar-refractivity contribution is 0.450. The first-order valence-electron chi connectivity index (χ1n) is 4.27. The standard InChI is InChI=1S/C8H8N6O2/c9-8-11-12-13-14(8)10-4-5-1-2-6(15)3-7(5)16/h1-4,15-16H,(H2,9,11,13)/b10-4+. The topological polar surface area (TPSA) is 122 Å². The lowest BCUT2D eigenvalue weighted by Gasteiger charge is -1.98. The van der Waals surface area contributed by atoms with E-state index in [1.807, 2.05) is 0 Å². The summed E-state index contributed by atoms with van der Waals surface area (Å²) in [5, 5.41) is 32.5. The van der Waals surface area contributed by atoms with E-state index in [1.54, 1.807) is 0 Å². The van der Waals surface area contributed by atoms with Gasteiger partial charge in [0.1, 0.15) is 11.5 Å². The van der Waals surface area contributed by atoms with Crippen molar-refractivity contribution in [3.63, 3.8) is 0 Å². The summed E-state index contributed by atoms with van der Waals surface area (Å²) in [7, 11) is 0. The van der Waals surface area contributed by atoms with Crippen LogP contribution in [0.1, 0.15) is 5.56 Å². The number of tetrazole rings is 1. The monoisotopic (exact) mass is 220 g/mol. The van der Waals surface area contributed by atoms with E-state index < -0.39 is 0 Å². The molecule has 0 spiro atoms. The summed E-state index contributed by atoms with van der Waals surface area (Å²) < 4.78 is 0. The largest absolute Gasteiger partial charge is 0.508 e. The Labute approximate surface area is 89.6 Å². The summed E-state index contributed by atoms with van der Waals surface area (Å²) in [5.74, 6) is -0.0958. The van der Waals surface area contributed by atoms with Crippen LogP contribution in [0, 0.1) is 0 Å². The number of hydrogen-bond acceptors (Lipinski definition) is 7. The van der Waals surface area contributed by atoms with Crippen LogP contribution in [0.2, 0.25) is 0 Å². The first kappa shape index (κ1) is 9.90. The third kappa shape index (κ3) is 1.90. The molecule has 8 heteroatoms. The average molecular weight is 220 g/mol. The molecule has 4 N–H and O–H groups in total. The molecule has 2 rings (SSSR count). The number of benzene rings is 1. The maximum absolute atomic E-state index is 9.45. The second-order valence-electron chi connectivity index (χ2n) is 2.91. The van der Waals surface area contributed by atoms with Crippen molar-refractivity contribution in [3.8, 4) is 11.5 Å². The van der Waals surface area contributed by atoms with E-state index in [2.05, 4.69) is 20.6 Å². The molecule has 8 nitrogen and oxygen atoms in total. The molecule has 1 aromatic heterocycles. The maximum Gasteiger partial charge on any atom is 0.263 e. The van der Waals surface area contributed by atoms with Gasteiger partial charge in [-0.25, -0.2) is 0 Å². The molecule has 0 aliphatic carbocycles. The summed E-state index contributed by atoms with van der Waals surface area (Å²) in [5.41, 5.74) is 5.79. The fourth-order valence-electron chi connectivity index (χ4n) is 1.03. The van der Waals surface area contributed by atoms with Crippen molar-refractivity contribution >= 4 is 12.2 Å². The average Bonchev–Trinajstić information content (AvgIpc) is 2.63. The Balaban J connectivity index is 2.27. The van der Waals surface area contributed by atoms with E-state index in [0.717, 1.165) is 4.79 Å². The molecule has 0 fully saturated rings. The zero-order chi connectivity index (χ0) is 11.5. The maximum atomic E-state index is 9.45. The fourth-order valence-corrected chi connectivity index (χ4v) is 1.03. The lowest BCUT2D eigenvalue weighted by Crippen LogP contribution is -1.99. The zero-order valence-electron chi connectivity index (χ0n) is 8.02. The minimum Gasteiger partial charge on any atom is -0.508 e. The van der Waals surface area contributed by atoms with E-state index in [0.29, 0.717) is 5.56 Å². The highest BCUT2D eigenvalue weighted by Crippen LogP contribution is 2.20. The van der Waals surface area contributed by atoms with Crippen LogP contribution in [-0.4, -0.2) is 36.7 Å². The number of nitrogens with two attached hydrogens (primary N) is 1. The number of aromatic nitrogens is 4. The van der Waals surface area contributed by atoms with Gasteiger partial charge in [-0.05, 0) is 22.6 Å². The van der Waals surface area contributed by atoms with Gasteiger partial charge in [-0.15, -0.1) is 0 Å². The van der Waals surface area contributed by atoms with Crippen molar-refractivity contribution in [1.82, 2.24) is 20.3 Å². The normalized spacial score (nSPS) is 11.0. The molecule has 0 unspecified atom stereocenters. The summed E-state index contributed by atoms with van der Waals surface area (Å²) in [4.78, 5) is 1.01. The predicted octanol–water partition coefficient (Wildman–Crippen LogP) is -0.451. The first-order chi connectivity index (χ1) is 7.66. The van der Waals surface area contributed by atoms with E-state index >= 15 is 0 Å². The third-order valence-electron chi connectivity index (χ3n) is 1.80. The minimum atomic E-state index is -0.101. The van der Waals surface area contributed by atoms with Gasteiger partial charge in [-0.2, -0.15) is 5.10 Å². The second kappa shape index (κ2) is 3.85. The van der Waals surface area contributed by atoms with Crippen LogP contribution in [0.25, 0.3) is 0 Å². The van der Waals surface area contributed by atoms with Crippen LogP contribution >= 0.6 is 0 Å². The molecular weight excluding hydrogens is 212 g/mol. The van der Waals surface area contributed by atoms with Gasteiger partial charge in [0.05, 0.1) is 6.21 Å². The summed E-state index contributed by atoms with van der Waals surface area (Å²) in [6.45, 7) is 0. The molecular formula is C8H8N6O2. The van der Waals surface area contributed by atoms with Crippen molar-refractivity contribution < 1.29 is 10.2 Å². The molecule has 0 saturated heterocycles. The molecule has 0 atom stereocenters. The molecule has 1 heterocycles. The molecule has 0 saturated carbocycles. The fraction of sp³-hybridized carbons (Fsp3) is 0. The predicted molar refractivity (Wildman–Crippen MR) is 55.0 cm³/mol. The Kier molecular flexibility index (Phi) is 2.38. The molecule has 0 aliphatic heterocycles. The molecule has 1 aromatic carbocycles. The van der Waals surface area contributed by atoms with Crippen molar-refractivity contribution in [1.29, 1.82) is 0 Å². The smallest absolute Gasteiger partial charge is 0.263 e. The van der Waals surface area contributed by atoms with Crippen LogP contribution in [0.5, 0.6) is 11.5 Å². The van der Waals surface area contributed by atoms with Gasteiger partial charge in [0, 0.05) is 11.6 Å². The van der Waals surface area contributed by atoms with Gasteiger partial charge in [0.15, 0.2) is 0 Å². The summed E-state index contributed by atoms with van der Waals surface area (Å²) in [6.07, 6.45) is 1.32. The van der Waals surface area contributed by atoms with E-state index in [-0.39, 0.29) is 17.4 Å². The second-order valence-corrected chi connectivity index (χ2v) is 2.91. The minimum absolute atomic E-state index is 0.0309. The Morgan fingerprint density at radius 1 is 1.38 bits per heavy atom. The number of phenols is 2.